The molecular formula is C45H64N6O12. The van der Waals surface area contributed by atoms with Gasteiger partial charge in [-0.3, -0.25) is 19.4 Å². The summed E-state index contributed by atoms with van der Waals surface area (Å²) < 4.78 is 37.8. The number of cyclic esters (lactones) is 1. The van der Waals surface area contributed by atoms with Crippen molar-refractivity contribution in [2.24, 2.45) is 23.7 Å². The van der Waals surface area contributed by atoms with E-state index in [0.717, 1.165) is 0 Å². The molecule has 2 aromatic heterocycles. The SMILES string of the molecule is CC[C@H]1OC(=O)[C@H](C)[C@@H](OC(=O)Cc2cccnc2)[C@H](C)[C@@H](O[C@@H]2O[C@H](C)C[C@H](N(C)C)[C@H]2O)[C@](C)(OC(=O)NC/C=C/c2cncnc2)C[C@@H](C)C(=O)[C@H](C)[C@H]2NC(=O)O[C@@]21C. The van der Waals surface area contributed by atoms with Crippen molar-refractivity contribution in [1.82, 2.24) is 30.5 Å². The van der Waals surface area contributed by atoms with Crippen LogP contribution in [-0.4, -0.2) is 136 Å². The number of nitrogens with zero attached hydrogens (tertiary/aromatic N) is 4. The van der Waals surface area contributed by atoms with Gasteiger partial charge >= 0.3 is 24.1 Å². The molecule has 18 heteroatoms. The van der Waals surface area contributed by atoms with Crippen LogP contribution in [0.4, 0.5) is 9.59 Å². The second-order valence-corrected chi connectivity index (χ2v) is 17.8. The highest BCUT2D eigenvalue weighted by atomic mass is 16.7. The van der Waals surface area contributed by atoms with E-state index in [9.17, 15) is 29.1 Å². The fourth-order valence-electron chi connectivity index (χ4n) is 9.28. The first-order chi connectivity index (χ1) is 29.8. The number of ether oxygens (including phenoxy) is 6. The van der Waals surface area contributed by atoms with E-state index in [1.807, 2.05) is 25.9 Å². The molecule has 2 amide bonds. The van der Waals surface area contributed by atoms with Crippen molar-refractivity contribution in [1.29, 1.82) is 0 Å². The lowest BCUT2D eigenvalue weighted by molar-refractivity contribution is -0.298. The molecule has 5 rings (SSSR count). The number of hydrogen-bond acceptors (Lipinski definition) is 16. The van der Waals surface area contributed by atoms with Crippen LogP contribution < -0.4 is 10.6 Å². The van der Waals surface area contributed by atoms with Crippen LogP contribution >= 0.6 is 0 Å². The Balaban J connectivity index is 1.63. The summed E-state index contributed by atoms with van der Waals surface area (Å²) in [4.78, 5) is 83.9. The first-order valence-electron chi connectivity index (χ1n) is 21.6. The molecule has 3 saturated heterocycles. The van der Waals surface area contributed by atoms with Gasteiger partial charge in [-0.15, -0.1) is 0 Å². The van der Waals surface area contributed by atoms with Gasteiger partial charge in [0.1, 0.15) is 42.1 Å². The molecule has 0 aliphatic carbocycles. The molecule has 0 bridgehead atoms. The maximum absolute atomic E-state index is 14.6. The van der Waals surface area contributed by atoms with Crippen molar-refractivity contribution in [2.45, 2.75) is 141 Å². The van der Waals surface area contributed by atoms with E-state index < -0.39 is 102 Å². The molecule has 0 saturated carbocycles. The fraction of sp³-hybridized carbons (Fsp3) is 0.644. The summed E-state index contributed by atoms with van der Waals surface area (Å²) in [5.74, 6) is -5.76. The number of alkyl carbamates (subject to hydrolysis) is 2. The largest absolute Gasteiger partial charge is 0.461 e. The summed E-state index contributed by atoms with van der Waals surface area (Å²) in [6.07, 6.45) is 3.23. The predicted octanol–water partition coefficient (Wildman–Crippen LogP) is 4.04. The van der Waals surface area contributed by atoms with Gasteiger partial charge in [-0.05, 0) is 72.7 Å². The number of aliphatic hydroxyl groups is 1. The molecule has 14 atom stereocenters. The Morgan fingerprint density at radius 2 is 1.76 bits per heavy atom. The maximum atomic E-state index is 14.6. The topological polar surface area (TPSA) is 227 Å². The first-order valence-corrected chi connectivity index (χ1v) is 21.6. The monoisotopic (exact) mass is 880 g/mol. The van der Waals surface area contributed by atoms with Gasteiger partial charge in [0, 0.05) is 60.7 Å². The van der Waals surface area contributed by atoms with Crippen LogP contribution in [0.5, 0.6) is 0 Å². The number of ketones is 1. The number of fused-ring (bicyclic) bond motifs is 1. The van der Waals surface area contributed by atoms with Gasteiger partial charge < -0.3 is 49.1 Å². The van der Waals surface area contributed by atoms with Gasteiger partial charge in [-0.1, -0.05) is 45.9 Å². The second kappa shape index (κ2) is 21.1. The molecular weight excluding hydrogens is 817 g/mol. The summed E-state index contributed by atoms with van der Waals surface area (Å²) in [5.41, 5.74) is -1.98. The quantitative estimate of drug-likeness (QED) is 0.214. The van der Waals surface area contributed by atoms with Gasteiger partial charge in [0.2, 0.25) is 0 Å². The van der Waals surface area contributed by atoms with E-state index in [-0.39, 0.29) is 37.7 Å². The number of amides is 2. The summed E-state index contributed by atoms with van der Waals surface area (Å²) in [5, 5.41) is 17.3. The number of likely N-dealkylation sites (N-methyl/N-ethyl adjacent to an activating group) is 1. The molecule has 3 aliphatic rings. The average molecular weight is 881 g/mol. The van der Waals surface area contributed by atoms with E-state index in [4.69, 9.17) is 28.4 Å². The third-order valence-electron chi connectivity index (χ3n) is 12.6. The van der Waals surface area contributed by atoms with E-state index in [0.29, 0.717) is 17.5 Å². The standard InChI is InChI=1S/C45H64N6O12/c1-11-33-45(8)38(50-43(57)63-45)27(4)35(53)25(2)20-44(7,62-42(56)49-17-13-15-31-22-47-24-48-23-31)39(61-41-36(54)32(51(9)10)18-26(3)58-41)28(5)37(29(6)40(55)59-33)60-34(52)19-30-14-12-16-46-21-30/h12-16,21-29,32-33,36-39,41,54H,11,17-20H2,1-10H3,(H,49,56)(H,50,57)/b15-13+/t25-,26-,27+,28+,29-,32+,33-,36-,37+,38-,39-,41+,44-,45-/m1/s1. The van der Waals surface area contributed by atoms with Crippen LogP contribution in [0.2, 0.25) is 0 Å². The van der Waals surface area contributed by atoms with Crippen LogP contribution in [-0.2, 0) is 49.2 Å². The molecule has 5 heterocycles. The van der Waals surface area contributed by atoms with Crippen molar-refractivity contribution < 1.29 is 57.5 Å². The number of aliphatic hydroxyl groups excluding tert-OH is 1. The molecule has 3 aliphatic heterocycles. The van der Waals surface area contributed by atoms with Crippen molar-refractivity contribution in [3.63, 3.8) is 0 Å². The van der Waals surface area contributed by atoms with Crippen LogP contribution in [0, 0.1) is 23.7 Å². The number of carbonyl (C=O) groups excluding carboxylic acids is 5. The molecule has 346 valence electrons. The summed E-state index contributed by atoms with van der Waals surface area (Å²) in [6.45, 7) is 13.4. The minimum atomic E-state index is -1.76. The lowest BCUT2D eigenvalue weighted by atomic mass is 9.73. The third kappa shape index (κ3) is 11.8. The maximum Gasteiger partial charge on any atom is 0.408 e. The second-order valence-electron chi connectivity index (χ2n) is 17.8. The number of Topliss-reactive ketones (excluding diaryl/α,β-unsaturated/α-hetero) is 1. The van der Waals surface area contributed by atoms with Gasteiger partial charge in [-0.2, -0.15) is 0 Å². The van der Waals surface area contributed by atoms with Crippen LogP contribution in [0.1, 0.15) is 85.8 Å². The van der Waals surface area contributed by atoms with E-state index in [1.54, 1.807) is 91.3 Å². The van der Waals surface area contributed by atoms with Crippen molar-refractivity contribution >= 4 is 36.0 Å². The normalized spacial score (nSPS) is 35.5. The fourth-order valence-corrected chi connectivity index (χ4v) is 9.28. The van der Waals surface area contributed by atoms with Crippen molar-refractivity contribution in [3.05, 3.63) is 60.5 Å². The van der Waals surface area contributed by atoms with Gasteiger partial charge in [0.25, 0.3) is 0 Å². The minimum Gasteiger partial charge on any atom is -0.461 e. The zero-order valence-corrected chi connectivity index (χ0v) is 37.9. The molecule has 0 radical (unpaired) electrons. The Labute approximate surface area is 369 Å². The van der Waals surface area contributed by atoms with Crippen LogP contribution in [0.3, 0.4) is 0 Å². The average Bonchev–Trinajstić information content (AvgIpc) is 3.56. The molecule has 3 fully saturated rings. The molecule has 0 unspecified atom stereocenters. The molecule has 18 nitrogen and oxygen atoms in total. The Bertz CT molecular complexity index is 1920. The molecule has 2 aromatic rings. The smallest absolute Gasteiger partial charge is 0.408 e. The molecule has 0 spiro atoms. The van der Waals surface area contributed by atoms with Crippen LogP contribution in [0.15, 0.2) is 49.3 Å². The Morgan fingerprint density at radius 1 is 1.05 bits per heavy atom. The predicted molar refractivity (Wildman–Crippen MR) is 227 cm³/mol. The number of rotatable bonds is 11. The molecule has 0 aromatic carbocycles. The minimum absolute atomic E-state index is 0.0267. The summed E-state index contributed by atoms with van der Waals surface area (Å²) >= 11 is 0. The molecule has 3 N–H and O–H groups in total. The van der Waals surface area contributed by atoms with E-state index in [1.165, 1.54) is 12.5 Å². The summed E-state index contributed by atoms with van der Waals surface area (Å²) in [6, 6.07) is 2.06. The Kier molecular flexibility index (Phi) is 16.4. The highest BCUT2D eigenvalue weighted by molar-refractivity contribution is 5.85. The highest BCUT2D eigenvalue weighted by Gasteiger charge is 2.58. The zero-order valence-electron chi connectivity index (χ0n) is 37.9. The third-order valence-corrected chi connectivity index (χ3v) is 12.6. The van der Waals surface area contributed by atoms with E-state index in [2.05, 4.69) is 25.6 Å². The van der Waals surface area contributed by atoms with Gasteiger partial charge in [0.05, 0.1) is 24.5 Å². The van der Waals surface area contributed by atoms with Crippen molar-refractivity contribution in [2.75, 3.05) is 20.6 Å². The first kappa shape index (κ1) is 49.0. The number of hydrogen-bond donors (Lipinski definition) is 3. The lowest BCUT2D eigenvalue weighted by Crippen LogP contribution is -2.61. The van der Waals surface area contributed by atoms with Crippen LogP contribution in [0.25, 0.3) is 6.08 Å². The number of carbonyl (C=O) groups is 5. The summed E-state index contributed by atoms with van der Waals surface area (Å²) in [7, 11) is 3.66. The zero-order chi connectivity index (χ0) is 46.2. The Hall–Kier alpha value is -5.04. The molecule has 63 heavy (non-hydrogen) atoms. The highest BCUT2D eigenvalue weighted by Crippen LogP contribution is 2.42. The number of aromatic nitrogens is 3. The number of esters is 2. The number of nitrogens with one attached hydrogen (secondary N) is 2. The van der Waals surface area contributed by atoms with Gasteiger partial charge in [-0.25, -0.2) is 19.6 Å². The van der Waals surface area contributed by atoms with Gasteiger partial charge in [0.15, 0.2) is 11.9 Å². The Morgan fingerprint density at radius 3 is 2.41 bits per heavy atom. The van der Waals surface area contributed by atoms with E-state index >= 15 is 0 Å². The lowest BCUT2D eigenvalue weighted by Gasteiger charge is -2.48. The number of pyridine rings is 1. The van der Waals surface area contributed by atoms with Crippen molar-refractivity contribution in [3.8, 4) is 0 Å².